The Morgan fingerprint density at radius 1 is 1.15 bits per heavy atom. The second kappa shape index (κ2) is 8.52. The first-order valence-corrected chi connectivity index (χ1v) is 9.56. The van der Waals surface area contributed by atoms with Crippen molar-refractivity contribution in [3.8, 4) is 5.75 Å². The van der Waals surface area contributed by atoms with Crippen LogP contribution in [-0.4, -0.2) is 31.2 Å². The number of amides is 1. The summed E-state index contributed by atoms with van der Waals surface area (Å²) in [6, 6.07) is 6.55. The molecule has 0 saturated heterocycles. The number of carbonyl (C=O) groups excluding carboxylic acids is 1. The van der Waals surface area contributed by atoms with Crippen molar-refractivity contribution < 1.29 is 31.5 Å². The summed E-state index contributed by atoms with van der Waals surface area (Å²) in [5.41, 5.74) is 0.460. The zero-order valence-corrected chi connectivity index (χ0v) is 17.0. The summed E-state index contributed by atoms with van der Waals surface area (Å²) in [6.07, 6.45) is -0.761. The number of fused-ring (bicyclic) bond motifs is 1. The van der Waals surface area contributed by atoms with E-state index >= 15 is 0 Å². The maximum Gasteiger partial charge on any atom is 0.408 e. The van der Waals surface area contributed by atoms with Gasteiger partial charge in [-0.3, -0.25) is 13.9 Å². The van der Waals surface area contributed by atoms with Gasteiger partial charge in [0.2, 0.25) is 0 Å². The SMILES string of the molecule is Cc1nc2c(OCc3c(F)cccc3F)cccn2c1C(=O)Nc1cnn(CC(F)(F)F)c1. The van der Waals surface area contributed by atoms with Gasteiger partial charge in [-0.15, -0.1) is 0 Å². The zero-order chi connectivity index (χ0) is 23.8. The molecular formula is C21H16F5N5O2. The van der Waals surface area contributed by atoms with E-state index in [-0.39, 0.29) is 28.3 Å². The maximum atomic E-state index is 13.9. The number of hydrogen-bond acceptors (Lipinski definition) is 4. The number of halogens is 5. The Kier molecular flexibility index (Phi) is 5.75. The van der Waals surface area contributed by atoms with Gasteiger partial charge in [0.1, 0.15) is 30.5 Å². The summed E-state index contributed by atoms with van der Waals surface area (Å²) >= 11 is 0. The molecule has 0 radical (unpaired) electrons. The summed E-state index contributed by atoms with van der Waals surface area (Å²) in [5, 5.41) is 6.07. The van der Waals surface area contributed by atoms with Gasteiger partial charge in [0, 0.05) is 12.4 Å². The van der Waals surface area contributed by atoms with E-state index in [0.717, 1.165) is 24.5 Å². The smallest absolute Gasteiger partial charge is 0.408 e. The number of carbonyl (C=O) groups is 1. The van der Waals surface area contributed by atoms with Crippen LogP contribution in [0.2, 0.25) is 0 Å². The van der Waals surface area contributed by atoms with Crippen molar-refractivity contribution in [2.75, 3.05) is 5.32 Å². The van der Waals surface area contributed by atoms with Crippen LogP contribution in [0.15, 0.2) is 48.9 Å². The van der Waals surface area contributed by atoms with E-state index in [1.165, 1.54) is 22.7 Å². The molecule has 1 N–H and O–H groups in total. The van der Waals surface area contributed by atoms with Crippen LogP contribution < -0.4 is 10.1 Å². The van der Waals surface area contributed by atoms with Crippen molar-refractivity contribution in [1.29, 1.82) is 0 Å². The minimum absolute atomic E-state index is 0.0704. The molecule has 0 aliphatic rings. The molecule has 0 spiro atoms. The van der Waals surface area contributed by atoms with Crippen LogP contribution in [0.4, 0.5) is 27.6 Å². The number of aromatic nitrogens is 4. The van der Waals surface area contributed by atoms with Gasteiger partial charge in [-0.05, 0) is 31.2 Å². The van der Waals surface area contributed by atoms with Crippen molar-refractivity contribution in [2.24, 2.45) is 0 Å². The Bertz CT molecular complexity index is 1310. The van der Waals surface area contributed by atoms with Crippen molar-refractivity contribution >= 4 is 17.2 Å². The average molecular weight is 465 g/mol. The number of ether oxygens (including phenoxy) is 1. The van der Waals surface area contributed by atoms with Crippen LogP contribution in [0.5, 0.6) is 5.75 Å². The first kappa shape index (κ1) is 22.2. The molecule has 7 nitrogen and oxygen atoms in total. The number of benzene rings is 1. The number of aryl methyl sites for hydroxylation is 1. The number of rotatable bonds is 6. The molecule has 33 heavy (non-hydrogen) atoms. The number of nitrogens with zero attached hydrogens (tertiary/aromatic N) is 4. The molecule has 0 bridgehead atoms. The van der Waals surface area contributed by atoms with Gasteiger partial charge in [0.15, 0.2) is 11.4 Å². The molecule has 12 heteroatoms. The fraction of sp³-hybridized carbons (Fsp3) is 0.190. The second-order valence-electron chi connectivity index (χ2n) is 7.10. The highest BCUT2D eigenvalue weighted by molar-refractivity contribution is 6.04. The second-order valence-corrected chi connectivity index (χ2v) is 7.10. The molecule has 1 amide bonds. The average Bonchev–Trinajstić information content (AvgIpc) is 3.29. The highest BCUT2D eigenvalue weighted by Gasteiger charge is 2.28. The molecule has 0 saturated carbocycles. The number of alkyl halides is 3. The predicted molar refractivity (Wildman–Crippen MR) is 107 cm³/mol. The Labute approximate surface area is 183 Å². The molecule has 0 aliphatic heterocycles. The number of nitrogens with one attached hydrogen (secondary N) is 1. The maximum absolute atomic E-state index is 13.9. The number of hydrogen-bond donors (Lipinski definition) is 1. The summed E-state index contributed by atoms with van der Waals surface area (Å²) in [5.74, 6) is -1.97. The van der Waals surface area contributed by atoms with Crippen LogP contribution >= 0.6 is 0 Å². The molecule has 172 valence electrons. The third-order valence-corrected chi connectivity index (χ3v) is 4.67. The van der Waals surface area contributed by atoms with E-state index in [9.17, 15) is 26.7 Å². The van der Waals surface area contributed by atoms with Crippen molar-refractivity contribution in [3.63, 3.8) is 0 Å². The molecule has 0 aliphatic carbocycles. The van der Waals surface area contributed by atoms with Gasteiger partial charge in [-0.25, -0.2) is 13.8 Å². The van der Waals surface area contributed by atoms with Crippen LogP contribution in [0.3, 0.4) is 0 Å². The van der Waals surface area contributed by atoms with Gasteiger partial charge in [0.05, 0.1) is 23.1 Å². The third-order valence-electron chi connectivity index (χ3n) is 4.67. The van der Waals surface area contributed by atoms with E-state index in [0.29, 0.717) is 10.4 Å². The molecule has 0 atom stereocenters. The Morgan fingerprint density at radius 2 is 1.88 bits per heavy atom. The number of anilines is 1. The Balaban J connectivity index is 1.57. The van der Waals surface area contributed by atoms with Gasteiger partial charge in [-0.2, -0.15) is 18.3 Å². The lowest BCUT2D eigenvalue weighted by Gasteiger charge is -2.09. The highest BCUT2D eigenvalue weighted by atomic mass is 19.4. The van der Waals surface area contributed by atoms with Crippen LogP contribution in [0, 0.1) is 18.6 Å². The van der Waals surface area contributed by atoms with Gasteiger partial charge in [0.25, 0.3) is 5.91 Å². The monoisotopic (exact) mass is 465 g/mol. The quantitative estimate of drug-likeness (QED) is 0.426. The van der Waals surface area contributed by atoms with Crippen LogP contribution in [-0.2, 0) is 13.2 Å². The van der Waals surface area contributed by atoms with E-state index in [2.05, 4.69) is 15.4 Å². The minimum atomic E-state index is -4.45. The third kappa shape index (κ3) is 4.78. The lowest BCUT2D eigenvalue weighted by atomic mass is 10.2. The highest BCUT2D eigenvalue weighted by Crippen LogP contribution is 2.25. The molecule has 0 fully saturated rings. The Morgan fingerprint density at radius 3 is 2.58 bits per heavy atom. The normalized spacial score (nSPS) is 11.7. The van der Waals surface area contributed by atoms with Gasteiger partial charge in [-0.1, -0.05) is 6.07 Å². The van der Waals surface area contributed by atoms with Crippen molar-refractivity contribution in [2.45, 2.75) is 26.3 Å². The van der Waals surface area contributed by atoms with Crippen molar-refractivity contribution in [1.82, 2.24) is 19.2 Å². The fourth-order valence-electron chi connectivity index (χ4n) is 3.25. The molecule has 0 unspecified atom stereocenters. The molecule has 4 aromatic rings. The zero-order valence-electron chi connectivity index (χ0n) is 17.0. The molecule has 3 aromatic heterocycles. The molecule has 1 aromatic carbocycles. The summed E-state index contributed by atoms with van der Waals surface area (Å²) < 4.78 is 72.9. The topological polar surface area (TPSA) is 73.5 Å². The van der Waals surface area contributed by atoms with Crippen LogP contribution in [0.25, 0.3) is 5.65 Å². The first-order valence-electron chi connectivity index (χ1n) is 9.56. The van der Waals surface area contributed by atoms with Crippen molar-refractivity contribution in [3.05, 3.63) is 77.5 Å². The largest absolute Gasteiger partial charge is 0.485 e. The van der Waals surface area contributed by atoms with E-state index < -0.39 is 36.9 Å². The lowest BCUT2D eigenvalue weighted by molar-refractivity contribution is -0.142. The van der Waals surface area contributed by atoms with Crippen LogP contribution in [0.1, 0.15) is 21.7 Å². The summed E-state index contributed by atoms with van der Waals surface area (Å²) in [6.45, 7) is -0.125. The number of imidazole rings is 1. The summed E-state index contributed by atoms with van der Waals surface area (Å²) in [4.78, 5) is 17.1. The van der Waals surface area contributed by atoms with E-state index in [4.69, 9.17) is 4.74 Å². The van der Waals surface area contributed by atoms with E-state index in [1.54, 1.807) is 13.0 Å². The first-order chi connectivity index (χ1) is 15.6. The molecule has 3 heterocycles. The van der Waals surface area contributed by atoms with Gasteiger partial charge >= 0.3 is 6.18 Å². The standard InChI is InChI=1S/C21H16F5N5O2/c1-12-18(20(32)29-13-8-27-30(9-13)11-21(24,25)26)31-7-3-6-17(19(31)28-12)33-10-14-15(22)4-2-5-16(14)23/h2-9H,10-11H2,1H3,(H,29,32). The fourth-order valence-corrected chi connectivity index (χ4v) is 3.25. The molecule has 4 rings (SSSR count). The lowest BCUT2D eigenvalue weighted by Crippen LogP contribution is -2.18. The minimum Gasteiger partial charge on any atom is -0.485 e. The summed E-state index contributed by atoms with van der Waals surface area (Å²) in [7, 11) is 0. The Hall–Kier alpha value is -3.96. The van der Waals surface area contributed by atoms with E-state index in [1.807, 2.05) is 0 Å². The predicted octanol–water partition coefficient (Wildman–Crippen LogP) is 4.51. The number of pyridine rings is 1. The molecular weight excluding hydrogens is 449 g/mol. The van der Waals surface area contributed by atoms with Gasteiger partial charge < -0.3 is 10.1 Å².